The van der Waals surface area contributed by atoms with Crippen molar-refractivity contribution in [1.82, 2.24) is 4.90 Å². The van der Waals surface area contributed by atoms with Crippen LogP contribution < -0.4 is 10.2 Å². The minimum atomic E-state index is -0.299. The summed E-state index contributed by atoms with van der Waals surface area (Å²) in [6.07, 6.45) is 0. The number of morpholine rings is 1. The Balaban J connectivity index is 1.76. The number of nitrogens with zero attached hydrogens (tertiary/aromatic N) is 2. The molecule has 1 saturated heterocycles. The number of nitrogens with one attached hydrogen (secondary N) is 1. The van der Waals surface area contributed by atoms with E-state index in [-0.39, 0.29) is 17.9 Å². The third-order valence-corrected chi connectivity index (χ3v) is 5.04. The third-order valence-electron chi connectivity index (χ3n) is 4.81. The molecule has 0 radical (unpaired) electrons. The fourth-order valence-corrected chi connectivity index (χ4v) is 3.20. The first kappa shape index (κ1) is 19.5. The molecule has 1 fully saturated rings. The Kier molecular flexibility index (Phi) is 6.19. The monoisotopic (exact) mass is 391 g/mol. The second-order valence-electron chi connectivity index (χ2n) is 6.53. The van der Waals surface area contributed by atoms with Crippen molar-refractivity contribution in [2.24, 2.45) is 0 Å². The number of carbonyl (C=O) groups is 1. The molecule has 144 valence electrons. The van der Waals surface area contributed by atoms with E-state index in [4.69, 9.17) is 16.3 Å². The molecule has 1 unspecified atom stereocenters. The van der Waals surface area contributed by atoms with Crippen molar-refractivity contribution in [3.05, 3.63) is 58.9 Å². The highest BCUT2D eigenvalue weighted by Gasteiger charge is 2.21. The van der Waals surface area contributed by atoms with Crippen LogP contribution in [-0.4, -0.2) is 44.3 Å². The fourth-order valence-electron chi connectivity index (χ4n) is 3.03. The number of urea groups is 1. The van der Waals surface area contributed by atoms with Gasteiger partial charge >= 0.3 is 6.03 Å². The van der Waals surface area contributed by atoms with Crippen LogP contribution in [0.5, 0.6) is 0 Å². The second kappa shape index (κ2) is 8.59. The zero-order valence-corrected chi connectivity index (χ0v) is 16.2. The van der Waals surface area contributed by atoms with Crippen LogP contribution in [0.4, 0.5) is 20.6 Å². The predicted molar refractivity (Wildman–Crippen MR) is 106 cm³/mol. The summed E-state index contributed by atoms with van der Waals surface area (Å²) in [5.41, 5.74) is 2.43. The van der Waals surface area contributed by atoms with Gasteiger partial charge in [0.25, 0.3) is 0 Å². The summed E-state index contributed by atoms with van der Waals surface area (Å²) >= 11 is 6.15. The van der Waals surface area contributed by atoms with E-state index in [9.17, 15) is 9.18 Å². The Hall–Kier alpha value is -2.31. The maximum absolute atomic E-state index is 13.1. The average Bonchev–Trinajstić information content (AvgIpc) is 2.68. The van der Waals surface area contributed by atoms with E-state index in [1.54, 1.807) is 30.1 Å². The van der Waals surface area contributed by atoms with Gasteiger partial charge < -0.3 is 19.9 Å². The van der Waals surface area contributed by atoms with Crippen molar-refractivity contribution in [1.29, 1.82) is 0 Å². The Labute approximate surface area is 163 Å². The number of benzene rings is 2. The van der Waals surface area contributed by atoms with Crippen molar-refractivity contribution in [3.8, 4) is 0 Å². The van der Waals surface area contributed by atoms with Gasteiger partial charge in [0.2, 0.25) is 0 Å². The quantitative estimate of drug-likeness (QED) is 0.832. The summed E-state index contributed by atoms with van der Waals surface area (Å²) in [6, 6.07) is 11.2. The lowest BCUT2D eigenvalue weighted by molar-refractivity contribution is 0.123. The molecule has 2 amide bonds. The lowest BCUT2D eigenvalue weighted by Crippen LogP contribution is -2.38. The number of rotatable bonds is 4. The molecule has 2 aromatic carbocycles. The van der Waals surface area contributed by atoms with Crippen LogP contribution in [0.1, 0.15) is 18.5 Å². The molecule has 0 bridgehead atoms. The van der Waals surface area contributed by atoms with Crippen LogP contribution in [0.15, 0.2) is 42.5 Å². The Bertz CT molecular complexity index is 794. The molecule has 5 nitrogen and oxygen atoms in total. The zero-order valence-electron chi connectivity index (χ0n) is 15.4. The summed E-state index contributed by atoms with van der Waals surface area (Å²) in [5, 5.41) is 3.51. The molecule has 27 heavy (non-hydrogen) atoms. The lowest BCUT2D eigenvalue weighted by atomic mass is 10.1. The maximum Gasteiger partial charge on any atom is 0.322 e. The number of hydrogen-bond acceptors (Lipinski definition) is 3. The summed E-state index contributed by atoms with van der Waals surface area (Å²) < 4.78 is 18.5. The SMILES string of the molecule is CC(c1ccc(F)cc1)N(C)C(=O)Nc1cc(Cl)ccc1N1CCOCC1. The first-order valence-corrected chi connectivity index (χ1v) is 9.25. The van der Waals surface area contributed by atoms with Gasteiger partial charge in [-0.1, -0.05) is 23.7 Å². The molecular weight excluding hydrogens is 369 g/mol. The van der Waals surface area contributed by atoms with Crippen molar-refractivity contribution in [2.75, 3.05) is 43.6 Å². The molecular formula is C20H23ClFN3O2. The maximum atomic E-state index is 13.1. The minimum absolute atomic E-state index is 0.211. The van der Waals surface area contributed by atoms with E-state index in [2.05, 4.69) is 10.2 Å². The molecule has 1 atom stereocenters. The van der Waals surface area contributed by atoms with E-state index >= 15 is 0 Å². The normalized spacial score (nSPS) is 15.3. The third kappa shape index (κ3) is 4.70. The Morgan fingerprint density at radius 1 is 1.22 bits per heavy atom. The van der Waals surface area contributed by atoms with Gasteiger partial charge in [0.1, 0.15) is 5.82 Å². The van der Waals surface area contributed by atoms with E-state index in [0.717, 1.165) is 24.3 Å². The Morgan fingerprint density at radius 2 is 1.89 bits per heavy atom. The first-order chi connectivity index (χ1) is 13.0. The Morgan fingerprint density at radius 3 is 2.56 bits per heavy atom. The largest absolute Gasteiger partial charge is 0.378 e. The molecule has 0 spiro atoms. The standard InChI is InChI=1S/C20H23ClFN3O2/c1-14(15-3-6-17(22)7-4-15)24(2)20(26)23-18-13-16(21)5-8-19(18)25-9-11-27-12-10-25/h3-8,13-14H,9-12H2,1-2H3,(H,23,26). The van der Waals surface area contributed by atoms with Crippen LogP contribution >= 0.6 is 11.6 Å². The van der Waals surface area contributed by atoms with Crippen molar-refractivity contribution >= 4 is 29.0 Å². The number of halogens is 2. The molecule has 1 N–H and O–H groups in total. The molecule has 7 heteroatoms. The molecule has 1 heterocycles. The van der Waals surface area contributed by atoms with Gasteiger partial charge in [-0.15, -0.1) is 0 Å². The van der Waals surface area contributed by atoms with E-state index in [1.807, 2.05) is 19.1 Å². The van der Waals surface area contributed by atoms with Gasteiger partial charge in [-0.3, -0.25) is 0 Å². The average molecular weight is 392 g/mol. The zero-order chi connectivity index (χ0) is 19.4. The number of anilines is 2. The van der Waals surface area contributed by atoms with Crippen LogP contribution in [-0.2, 0) is 4.74 Å². The molecule has 1 aliphatic heterocycles. The molecule has 1 aliphatic rings. The van der Waals surface area contributed by atoms with E-state index in [0.29, 0.717) is 23.9 Å². The topological polar surface area (TPSA) is 44.8 Å². The second-order valence-corrected chi connectivity index (χ2v) is 6.97. The van der Waals surface area contributed by atoms with Gasteiger partial charge in [-0.25, -0.2) is 9.18 Å². The highest BCUT2D eigenvalue weighted by Crippen LogP contribution is 2.30. The molecule has 0 saturated carbocycles. The van der Waals surface area contributed by atoms with Gasteiger partial charge in [0.05, 0.1) is 30.6 Å². The van der Waals surface area contributed by atoms with Crippen molar-refractivity contribution in [2.45, 2.75) is 13.0 Å². The van der Waals surface area contributed by atoms with Crippen LogP contribution in [0.25, 0.3) is 0 Å². The molecule has 2 aromatic rings. The highest BCUT2D eigenvalue weighted by molar-refractivity contribution is 6.31. The fraction of sp³-hybridized carbons (Fsp3) is 0.350. The van der Waals surface area contributed by atoms with Crippen LogP contribution in [0, 0.1) is 5.82 Å². The van der Waals surface area contributed by atoms with E-state index < -0.39 is 0 Å². The van der Waals surface area contributed by atoms with Gasteiger partial charge in [0, 0.05) is 25.2 Å². The summed E-state index contributed by atoms with van der Waals surface area (Å²) in [7, 11) is 1.71. The minimum Gasteiger partial charge on any atom is -0.378 e. The molecule has 3 rings (SSSR count). The number of hydrogen-bond donors (Lipinski definition) is 1. The first-order valence-electron chi connectivity index (χ1n) is 8.87. The predicted octanol–water partition coefficient (Wildman–Crippen LogP) is 4.54. The number of ether oxygens (including phenoxy) is 1. The van der Waals surface area contributed by atoms with Gasteiger partial charge in [-0.05, 0) is 42.8 Å². The summed E-state index contributed by atoms with van der Waals surface area (Å²) in [6.45, 7) is 4.71. The smallest absolute Gasteiger partial charge is 0.322 e. The highest BCUT2D eigenvalue weighted by atomic mass is 35.5. The van der Waals surface area contributed by atoms with Crippen LogP contribution in [0.2, 0.25) is 5.02 Å². The number of amides is 2. The lowest BCUT2D eigenvalue weighted by Gasteiger charge is -2.31. The van der Waals surface area contributed by atoms with E-state index in [1.165, 1.54) is 12.1 Å². The molecule has 0 aromatic heterocycles. The van der Waals surface area contributed by atoms with Crippen molar-refractivity contribution < 1.29 is 13.9 Å². The van der Waals surface area contributed by atoms with Gasteiger partial charge in [-0.2, -0.15) is 0 Å². The summed E-state index contributed by atoms with van der Waals surface area (Å²) in [4.78, 5) is 16.5. The summed E-state index contributed by atoms with van der Waals surface area (Å²) in [5.74, 6) is -0.299. The van der Waals surface area contributed by atoms with Crippen molar-refractivity contribution in [3.63, 3.8) is 0 Å². The number of carbonyl (C=O) groups excluding carboxylic acids is 1. The molecule has 0 aliphatic carbocycles. The van der Waals surface area contributed by atoms with Gasteiger partial charge in [0.15, 0.2) is 0 Å². The van der Waals surface area contributed by atoms with Crippen LogP contribution in [0.3, 0.4) is 0 Å².